The summed E-state index contributed by atoms with van der Waals surface area (Å²) >= 11 is 0. The maximum Gasteiger partial charge on any atom is 0.328 e. The molecule has 6 heteroatoms. The van der Waals surface area contributed by atoms with Crippen molar-refractivity contribution in [2.45, 2.75) is 84.1 Å². The van der Waals surface area contributed by atoms with Crippen molar-refractivity contribution in [1.29, 1.82) is 0 Å². The summed E-state index contributed by atoms with van der Waals surface area (Å²) in [6.07, 6.45) is 11.0. The summed E-state index contributed by atoms with van der Waals surface area (Å²) in [5, 5.41) is 9.84. The van der Waals surface area contributed by atoms with Crippen molar-refractivity contribution in [1.82, 2.24) is 5.06 Å². The minimum atomic E-state index is -1.06. The zero-order chi connectivity index (χ0) is 16.1. The molecule has 0 aromatic carbocycles. The standard InChI is InChI=1S/C16H31NO4.Na/c1-4-5-6-7-8-9-10-11-12-13-15(18)17(21-3)14(2)16(19)20;/h14H,4-13H2,1-3H3,(H,19,20);/t14-;/m0./s1. The number of rotatable bonds is 13. The number of hydroxylamine groups is 2. The Bertz CT molecular complexity index is 300. The maximum absolute atomic E-state index is 11.9. The van der Waals surface area contributed by atoms with E-state index in [0.29, 0.717) is 6.42 Å². The van der Waals surface area contributed by atoms with Gasteiger partial charge in [0.05, 0.1) is 7.11 Å². The smallest absolute Gasteiger partial charge is 0.328 e. The Labute approximate surface area is 157 Å². The largest absolute Gasteiger partial charge is 0.480 e. The summed E-state index contributed by atoms with van der Waals surface area (Å²) in [6.45, 7) is 3.66. The molecule has 0 aromatic rings. The maximum atomic E-state index is 11.9. The predicted octanol–water partition coefficient (Wildman–Crippen LogP) is 3.39. The Morgan fingerprint density at radius 2 is 1.45 bits per heavy atom. The van der Waals surface area contributed by atoms with E-state index in [1.165, 1.54) is 52.6 Å². The van der Waals surface area contributed by atoms with Crippen molar-refractivity contribution in [2.24, 2.45) is 0 Å². The molecule has 5 nitrogen and oxygen atoms in total. The van der Waals surface area contributed by atoms with Crippen LogP contribution in [-0.4, -0.2) is 64.8 Å². The Morgan fingerprint density at radius 3 is 1.86 bits per heavy atom. The fourth-order valence-electron chi connectivity index (χ4n) is 2.27. The van der Waals surface area contributed by atoms with E-state index < -0.39 is 12.0 Å². The van der Waals surface area contributed by atoms with Crippen LogP contribution in [0.5, 0.6) is 0 Å². The molecule has 0 rings (SSSR count). The fourth-order valence-corrected chi connectivity index (χ4v) is 2.27. The van der Waals surface area contributed by atoms with Crippen molar-refractivity contribution in [3.63, 3.8) is 0 Å². The van der Waals surface area contributed by atoms with Gasteiger partial charge in [0.2, 0.25) is 5.91 Å². The van der Waals surface area contributed by atoms with Gasteiger partial charge in [0.1, 0.15) is 0 Å². The molecule has 0 fully saturated rings. The van der Waals surface area contributed by atoms with Gasteiger partial charge in [-0.15, -0.1) is 0 Å². The van der Waals surface area contributed by atoms with Crippen LogP contribution in [0.15, 0.2) is 0 Å². The third-order valence-corrected chi connectivity index (χ3v) is 3.65. The summed E-state index contributed by atoms with van der Waals surface area (Å²) in [5.41, 5.74) is 0. The molecule has 1 atom stereocenters. The number of amides is 1. The molecule has 0 heterocycles. The van der Waals surface area contributed by atoms with Crippen molar-refractivity contribution in [3.8, 4) is 0 Å². The van der Waals surface area contributed by atoms with E-state index in [4.69, 9.17) is 9.94 Å². The van der Waals surface area contributed by atoms with Gasteiger partial charge >= 0.3 is 5.97 Å². The second-order valence-electron chi connectivity index (χ2n) is 5.49. The van der Waals surface area contributed by atoms with Crippen LogP contribution in [0.25, 0.3) is 0 Å². The van der Waals surface area contributed by atoms with Gasteiger partial charge in [-0.25, -0.2) is 9.86 Å². The van der Waals surface area contributed by atoms with Crippen molar-refractivity contribution >= 4 is 41.4 Å². The van der Waals surface area contributed by atoms with E-state index in [2.05, 4.69) is 6.92 Å². The van der Waals surface area contributed by atoms with Gasteiger partial charge in [0.25, 0.3) is 0 Å². The van der Waals surface area contributed by atoms with E-state index in [1.807, 2.05) is 0 Å². The van der Waals surface area contributed by atoms with Gasteiger partial charge in [-0.05, 0) is 13.3 Å². The van der Waals surface area contributed by atoms with Gasteiger partial charge in [-0.2, -0.15) is 0 Å². The second-order valence-corrected chi connectivity index (χ2v) is 5.49. The molecule has 22 heavy (non-hydrogen) atoms. The average molecular weight is 324 g/mol. The first kappa shape index (κ1) is 24.2. The van der Waals surface area contributed by atoms with Crippen LogP contribution in [0.3, 0.4) is 0 Å². The number of carboxylic acids is 1. The van der Waals surface area contributed by atoms with Gasteiger partial charge in [0.15, 0.2) is 6.04 Å². The van der Waals surface area contributed by atoms with Crippen LogP contribution in [0.4, 0.5) is 0 Å². The van der Waals surface area contributed by atoms with E-state index in [9.17, 15) is 9.59 Å². The number of nitrogens with zero attached hydrogens (tertiary/aromatic N) is 1. The normalized spacial score (nSPS) is 11.6. The van der Waals surface area contributed by atoms with Gasteiger partial charge in [-0.1, -0.05) is 58.3 Å². The number of carboxylic acid groups (broad SMARTS) is 1. The van der Waals surface area contributed by atoms with E-state index >= 15 is 0 Å². The number of hydrogen-bond acceptors (Lipinski definition) is 3. The molecule has 0 bridgehead atoms. The molecule has 0 aliphatic rings. The summed E-state index contributed by atoms with van der Waals surface area (Å²) < 4.78 is 0. The van der Waals surface area contributed by atoms with Crippen LogP contribution >= 0.6 is 0 Å². The third kappa shape index (κ3) is 11.5. The van der Waals surface area contributed by atoms with Crippen molar-refractivity contribution in [3.05, 3.63) is 0 Å². The van der Waals surface area contributed by atoms with Crippen LogP contribution < -0.4 is 0 Å². The molecular weight excluding hydrogens is 293 g/mol. The van der Waals surface area contributed by atoms with Crippen LogP contribution in [0, 0.1) is 0 Å². The van der Waals surface area contributed by atoms with Crippen molar-refractivity contribution in [2.75, 3.05) is 7.11 Å². The second kappa shape index (κ2) is 15.8. The molecule has 0 spiro atoms. The summed E-state index contributed by atoms with van der Waals surface area (Å²) in [7, 11) is 1.33. The number of aliphatic carboxylic acids is 1. The van der Waals surface area contributed by atoms with E-state index in [-0.39, 0.29) is 35.5 Å². The Balaban J connectivity index is 0. The molecule has 125 valence electrons. The Morgan fingerprint density at radius 1 is 1.00 bits per heavy atom. The predicted molar refractivity (Wildman–Crippen MR) is 88.6 cm³/mol. The van der Waals surface area contributed by atoms with Crippen LogP contribution in [0.2, 0.25) is 0 Å². The number of hydrogen-bond donors (Lipinski definition) is 1. The molecule has 0 saturated heterocycles. The number of carbonyl (C=O) groups is 2. The Hall–Kier alpha value is -0.100. The zero-order valence-corrected chi connectivity index (χ0v) is 16.8. The molecule has 0 saturated carbocycles. The first-order valence-electron chi connectivity index (χ1n) is 8.13. The summed E-state index contributed by atoms with van der Waals surface area (Å²) in [6, 6.07) is -0.943. The molecule has 1 amide bonds. The van der Waals surface area contributed by atoms with Gasteiger partial charge in [0, 0.05) is 36.0 Å². The molecule has 0 unspecified atom stereocenters. The quantitative estimate of drug-likeness (QED) is 0.320. The topological polar surface area (TPSA) is 66.8 Å². The van der Waals surface area contributed by atoms with Crippen LogP contribution in [-0.2, 0) is 14.4 Å². The average Bonchev–Trinajstić information content (AvgIpc) is 2.46. The zero-order valence-electron chi connectivity index (χ0n) is 14.8. The Kier molecular flexibility index (Phi) is 17.3. The summed E-state index contributed by atoms with van der Waals surface area (Å²) in [5.74, 6) is -1.31. The number of carbonyl (C=O) groups excluding carboxylic acids is 1. The minimum absolute atomic E-state index is 0. The van der Waals surface area contributed by atoms with Gasteiger partial charge in [-0.3, -0.25) is 9.63 Å². The third-order valence-electron chi connectivity index (χ3n) is 3.65. The molecule has 0 aromatic heterocycles. The molecular formula is C16H31NNaO4. The number of unbranched alkanes of at least 4 members (excludes halogenated alkanes) is 8. The summed E-state index contributed by atoms with van der Waals surface area (Å²) in [4.78, 5) is 27.6. The minimum Gasteiger partial charge on any atom is -0.480 e. The fraction of sp³-hybridized carbons (Fsp3) is 0.875. The monoisotopic (exact) mass is 324 g/mol. The molecule has 1 radical (unpaired) electrons. The first-order valence-corrected chi connectivity index (χ1v) is 8.13. The van der Waals surface area contributed by atoms with Crippen LogP contribution in [0.1, 0.15) is 78.1 Å². The van der Waals surface area contributed by atoms with Crippen molar-refractivity contribution < 1.29 is 19.5 Å². The SMILES string of the molecule is CCCCCCCCCCCC(=O)N(OC)[C@@H](C)C(=O)O.[Na]. The molecule has 0 aliphatic heterocycles. The van der Waals surface area contributed by atoms with E-state index in [1.54, 1.807) is 0 Å². The molecule has 1 N–H and O–H groups in total. The molecule has 0 aliphatic carbocycles. The van der Waals surface area contributed by atoms with E-state index in [0.717, 1.165) is 24.3 Å². The first-order chi connectivity index (χ1) is 10.0. The van der Waals surface area contributed by atoms with Gasteiger partial charge < -0.3 is 5.11 Å².